The van der Waals surface area contributed by atoms with Gasteiger partial charge in [-0.1, -0.05) is 72.8 Å². The van der Waals surface area contributed by atoms with Gasteiger partial charge in [0.25, 0.3) is 5.91 Å². The number of methoxy groups -OCH3 is 1. The zero-order chi connectivity index (χ0) is 27.8. The van der Waals surface area contributed by atoms with Crippen LogP contribution in [0.5, 0.6) is 11.5 Å². The normalized spacial score (nSPS) is 15.4. The summed E-state index contributed by atoms with van der Waals surface area (Å²) in [6.07, 6.45) is 3.76. The Morgan fingerprint density at radius 2 is 1.69 bits per heavy atom. The molecular weight excluding hydrogens is 492 g/mol. The Labute approximate surface area is 229 Å². The minimum absolute atomic E-state index is 0.0528. The maximum absolute atomic E-state index is 13.4. The molecule has 1 aliphatic rings. The topological polar surface area (TPSA) is 79.3 Å². The molecule has 0 saturated carbocycles. The number of carbonyl (C=O) groups excluding carboxylic acids is 2. The third-order valence-corrected chi connectivity index (χ3v) is 6.54. The third-order valence-electron chi connectivity index (χ3n) is 6.54. The van der Waals surface area contributed by atoms with Crippen LogP contribution in [-0.2, 0) is 16.2 Å². The average molecular weight is 527 g/mol. The Balaban J connectivity index is 1.65. The number of allylic oxidation sites excluding steroid dienone is 1. The van der Waals surface area contributed by atoms with Crippen LogP contribution in [-0.4, -0.2) is 60.9 Å². The first-order valence-electron chi connectivity index (χ1n) is 12.9. The molecule has 39 heavy (non-hydrogen) atoms. The van der Waals surface area contributed by atoms with Crippen molar-refractivity contribution in [3.8, 4) is 11.5 Å². The smallest absolute Gasteiger partial charge is 0.290 e. The number of ether oxygens (including phenoxy) is 2. The molecule has 1 amide bonds. The Morgan fingerprint density at radius 1 is 1.00 bits per heavy atom. The van der Waals surface area contributed by atoms with Crippen LogP contribution in [0.3, 0.4) is 0 Å². The number of ketones is 1. The van der Waals surface area contributed by atoms with Crippen molar-refractivity contribution in [2.24, 2.45) is 0 Å². The molecule has 1 atom stereocenters. The molecule has 202 valence electrons. The Morgan fingerprint density at radius 3 is 2.36 bits per heavy atom. The first-order chi connectivity index (χ1) is 18.9. The van der Waals surface area contributed by atoms with Crippen LogP contribution in [0.15, 0.2) is 96.3 Å². The lowest BCUT2D eigenvalue weighted by Gasteiger charge is -2.27. The van der Waals surface area contributed by atoms with E-state index in [9.17, 15) is 14.7 Å². The summed E-state index contributed by atoms with van der Waals surface area (Å²) in [5, 5.41) is 10.9. The Hall–Kier alpha value is -4.36. The molecule has 1 N–H and O–H groups in total. The van der Waals surface area contributed by atoms with E-state index >= 15 is 0 Å². The summed E-state index contributed by atoms with van der Waals surface area (Å²) in [6.45, 7) is 1.49. The molecular formula is C32H34N2O5. The number of hydrogen-bond donors (Lipinski definition) is 1. The summed E-state index contributed by atoms with van der Waals surface area (Å²) in [7, 11) is 5.47. The summed E-state index contributed by atoms with van der Waals surface area (Å²) in [5.74, 6) is -0.483. The highest BCUT2D eigenvalue weighted by Gasteiger charge is 2.42. The molecule has 1 heterocycles. The fourth-order valence-corrected chi connectivity index (χ4v) is 4.57. The number of aliphatic hydroxyl groups excluding tert-OH is 1. The zero-order valence-electron chi connectivity index (χ0n) is 22.5. The maximum Gasteiger partial charge on any atom is 0.290 e. The van der Waals surface area contributed by atoms with Gasteiger partial charge >= 0.3 is 0 Å². The third kappa shape index (κ3) is 6.75. The van der Waals surface area contributed by atoms with Crippen molar-refractivity contribution in [2.45, 2.75) is 19.1 Å². The summed E-state index contributed by atoms with van der Waals surface area (Å²) in [6, 6.07) is 23.8. The monoisotopic (exact) mass is 526 g/mol. The summed E-state index contributed by atoms with van der Waals surface area (Å²) >= 11 is 0. The number of benzene rings is 3. The molecule has 1 aliphatic heterocycles. The molecule has 0 radical (unpaired) electrons. The van der Waals surface area contributed by atoms with Crippen LogP contribution in [0.2, 0.25) is 0 Å². The fraction of sp³-hybridized carbons (Fsp3) is 0.250. The van der Waals surface area contributed by atoms with Gasteiger partial charge in [0.05, 0.1) is 18.7 Å². The number of nitrogens with zero attached hydrogens (tertiary/aromatic N) is 2. The molecule has 0 saturated heterocycles. The lowest BCUT2D eigenvalue weighted by Crippen LogP contribution is -2.33. The van der Waals surface area contributed by atoms with Crippen molar-refractivity contribution >= 4 is 17.8 Å². The van der Waals surface area contributed by atoms with Gasteiger partial charge in [0, 0.05) is 6.54 Å². The number of carbonyl (C=O) groups is 2. The number of aliphatic hydroxyl groups is 1. The van der Waals surface area contributed by atoms with E-state index in [1.54, 1.807) is 30.2 Å². The molecule has 0 aliphatic carbocycles. The highest BCUT2D eigenvalue weighted by Crippen LogP contribution is 2.41. The van der Waals surface area contributed by atoms with E-state index in [2.05, 4.69) is 0 Å². The van der Waals surface area contributed by atoms with E-state index in [4.69, 9.17) is 9.47 Å². The van der Waals surface area contributed by atoms with Gasteiger partial charge in [-0.3, -0.25) is 9.59 Å². The minimum Gasteiger partial charge on any atom is -0.503 e. The second-order valence-electron chi connectivity index (χ2n) is 9.61. The van der Waals surface area contributed by atoms with Gasteiger partial charge in [-0.15, -0.1) is 0 Å². The molecule has 1 unspecified atom stereocenters. The van der Waals surface area contributed by atoms with Crippen LogP contribution in [0, 0.1) is 0 Å². The SMILES string of the molecule is COc1cc(C2C(C(=O)C=Cc3ccccc3)=C(O)C(=O)N2CCCN(C)C)ccc1OCc1ccccc1. The quantitative estimate of drug-likeness (QED) is 0.327. The minimum atomic E-state index is -0.760. The predicted molar refractivity (Wildman–Crippen MR) is 152 cm³/mol. The van der Waals surface area contributed by atoms with Gasteiger partial charge in [0.2, 0.25) is 0 Å². The van der Waals surface area contributed by atoms with Crippen molar-refractivity contribution in [3.63, 3.8) is 0 Å². The lowest BCUT2D eigenvalue weighted by atomic mass is 9.95. The first kappa shape index (κ1) is 27.7. The second-order valence-corrected chi connectivity index (χ2v) is 9.61. The van der Waals surface area contributed by atoms with Crippen LogP contribution in [0.4, 0.5) is 0 Å². The summed E-state index contributed by atoms with van der Waals surface area (Å²) < 4.78 is 11.6. The van der Waals surface area contributed by atoms with E-state index < -0.39 is 23.5 Å². The molecule has 7 nitrogen and oxygen atoms in total. The molecule has 0 aromatic heterocycles. The fourth-order valence-electron chi connectivity index (χ4n) is 4.57. The van der Waals surface area contributed by atoms with Crippen LogP contribution >= 0.6 is 0 Å². The lowest BCUT2D eigenvalue weighted by molar-refractivity contribution is -0.129. The van der Waals surface area contributed by atoms with Gasteiger partial charge in [0.15, 0.2) is 23.0 Å². The molecule has 3 aromatic carbocycles. The molecule has 0 fully saturated rings. The number of amides is 1. The van der Waals surface area contributed by atoms with Crippen molar-refractivity contribution in [2.75, 3.05) is 34.3 Å². The van der Waals surface area contributed by atoms with Crippen molar-refractivity contribution in [3.05, 3.63) is 113 Å². The number of hydrogen-bond acceptors (Lipinski definition) is 6. The van der Waals surface area contributed by atoms with Gasteiger partial charge < -0.3 is 24.4 Å². The summed E-state index contributed by atoms with van der Waals surface area (Å²) in [4.78, 5) is 30.2. The first-order valence-corrected chi connectivity index (χ1v) is 12.9. The molecule has 0 bridgehead atoms. The zero-order valence-corrected chi connectivity index (χ0v) is 22.5. The molecule has 4 rings (SSSR count). The Kier molecular flexibility index (Phi) is 9.18. The van der Waals surface area contributed by atoms with Crippen molar-refractivity contribution in [1.29, 1.82) is 0 Å². The van der Waals surface area contributed by atoms with Crippen molar-refractivity contribution < 1.29 is 24.2 Å². The molecule has 0 spiro atoms. The van der Waals surface area contributed by atoms with Gasteiger partial charge in [-0.05, 0) is 62.0 Å². The van der Waals surface area contributed by atoms with E-state index in [0.29, 0.717) is 36.6 Å². The van der Waals surface area contributed by atoms with E-state index in [1.807, 2.05) is 85.7 Å². The largest absolute Gasteiger partial charge is 0.503 e. The maximum atomic E-state index is 13.4. The predicted octanol–water partition coefficient (Wildman–Crippen LogP) is 5.20. The van der Waals surface area contributed by atoms with Gasteiger partial charge in [0.1, 0.15) is 6.61 Å². The average Bonchev–Trinajstić information content (AvgIpc) is 3.21. The van der Waals surface area contributed by atoms with E-state index in [0.717, 1.165) is 17.7 Å². The summed E-state index contributed by atoms with van der Waals surface area (Å²) in [5.41, 5.74) is 2.56. The van der Waals surface area contributed by atoms with Crippen molar-refractivity contribution in [1.82, 2.24) is 9.80 Å². The Bertz CT molecular complexity index is 1350. The molecule has 7 heteroatoms. The van der Waals surface area contributed by atoms with Crippen LogP contribution in [0.1, 0.15) is 29.2 Å². The second kappa shape index (κ2) is 12.9. The standard InChI is InChI=1S/C32H34N2O5/c1-33(2)19-10-20-34-30(29(31(36)32(34)37)26(35)17-15-23-11-6-4-7-12-23)25-16-18-27(28(21-25)38-3)39-22-24-13-8-5-9-14-24/h4-9,11-18,21,30,36H,10,19-20,22H2,1-3H3. The van der Waals surface area contributed by atoms with Crippen LogP contribution < -0.4 is 9.47 Å². The van der Waals surface area contributed by atoms with Gasteiger partial charge in [-0.25, -0.2) is 0 Å². The highest BCUT2D eigenvalue weighted by atomic mass is 16.5. The number of rotatable bonds is 12. The van der Waals surface area contributed by atoms with E-state index in [1.165, 1.54) is 6.08 Å². The highest BCUT2D eigenvalue weighted by molar-refractivity contribution is 6.14. The van der Waals surface area contributed by atoms with E-state index in [-0.39, 0.29) is 5.57 Å². The molecule has 3 aromatic rings. The van der Waals surface area contributed by atoms with Crippen LogP contribution in [0.25, 0.3) is 6.08 Å². The van der Waals surface area contributed by atoms with Gasteiger partial charge in [-0.2, -0.15) is 0 Å².